The zero-order valence-electron chi connectivity index (χ0n) is 6.68. The van der Waals surface area contributed by atoms with E-state index in [1.165, 1.54) is 14.0 Å². The summed E-state index contributed by atoms with van der Waals surface area (Å²) in [5, 5.41) is 2.55. The largest absolute Gasteiger partial charge is 0.402 e. The zero-order valence-corrected chi connectivity index (χ0v) is 8.84. The molecule has 0 radical (unpaired) electrons. The Morgan fingerprint density at radius 3 is 2.42 bits per heavy atom. The first-order valence-electron chi connectivity index (χ1n) is 4.01. The predicted octanol–water partition coefficient (Wildman–Crippen LogP) is 1.09. The van der Waals surface area contributed by atoms with E-state index in [2.05, 4.69) is 40.8 Å². The number of hydrogen-bond donors (Lipinski definition) is 1. The van der Waals surface area contributed by atoms with Gasteiger partial charge in [-0.15, -0.1) is 0 Å². The maximum atomic E-state index is 5.91. The van der Waals surface area contributed by atoms with Crippen LogP contribution in [0.15, 0.2) is 24.3 Å². The fourth-order valence-corrected chi connectivity index (χ4v) is 2.25. The summed E-state index contributed by atoms with van der Waals surface area (Å²) in [6, 6.07) is 8.35. The molecule has 0 aliphatic heterocycles. The number of nitrogens with two attached hydrogens (primary N) is 1. The van der Waals surface area contributed by atoms with Gasteiger partial charge in [0.25, 0.3) is 0 Å². The summed E-state index contributed by atoms with van der Waals surface area (Å²) in [6.07, 6.45) is 2.11. The van der Waals surface area contributed by atoms with E-state index in [9.17, 15) is 0 Å². The highest BCUT2D eigenvalue weighted by molar-refractivity contribution is 14.1. The number of hydrogen-bond acceptors (Lipinski definition) is 1. The van der Waals surface area contributed by atoms with Gasteiger partial charge in [0.05, 0.1) is 0 Å². The van der Waals surface area contributed by atoms with Gasteiger partial charge in [-0.3, -0.25) is 0 Å². The molecule has 0 spiro atoms. The Bertz CT molecular complexity index is 379. The van der Waals surface area contributed by atoms with Crippen LogP contribution in [0.5, 0.6) is 0 Å². The van der Waals surface area contributed by atoms with Gasteiger partial charge in [0.2, 0.25) is 0 Å². The highest BCUT2D eigenvalue weighted by Crippen LogP contribution is 2.16. The molecule has 0 atom stereocenters. The molecule has 1 aliphatic carbocycles. The molecular weight excluding hydrogens is 261 g/mol. The minimum absolute atomic E-state index is 1.01. The summed E-state index contributed by atoms with van der Waals surface area (Å²) in [5.41, 5.74) is 6.94. The maximum Gasteiger partial charge on any atom is 0.0164 e. The fraction of sp³-hybridized carbons (Fsp3) is 0.200. The first-order chi connectivity index (χ1) is 5.79. The second kappa shape index (κ2) is 3.09. The molecule has 0 bridgehead atoms. The van der Waals surface area contributed by atoms with E-state index in [0.717, 1.165) is 18.5 Å². The third-order valence-corrected chi connectivity index (χ3v) is 3.30. The Morgan fingerprint density at radius 1 is 1.08 bits per heavy atom. The molecule has 0 heterocycles. The second-order valence-corrected chi connectivity index (χ2v) is 4.28. The van der Waals surface area contributed by atoms with Gasteiger partial charge in [0.15, 0.2) is 0 Å². The lowest BCUT2D eigenvalue weighted by atomic mass is 10.1. The Hall–Kier alpha value is -0.510. The average molecular weight is 271 g/mol. The lowest BCUT2D eigenvalue weighted by Crippen LogP contribution is -2.33. The summed E-state index contributed by atoms with van der Waals surface area (Å²) in [7, 11) is 0. The smallest absolute Gasteiger partial charge is 0.0164 e. The van der Waals surface area contributed by atoms with Gasteiger partial charge in [-0.1, -0.05) is 24.3 Å². The van der Waals surface area contributed by atoms with E-state index in [1.54, 1.807) is 0 Å². The molecule has 1 aromatic rings. The molecule has 2 N–H and O–H groups in total. The number of benzene rings is 1. The van der Waals surface area contributed by atoms with Crippen molar-refractivity contribution in [3.63, 3.8) is 0 Å². The van der Waals surface area contributed by atoms with Crippen molar-refractivity contribution in [1.29, 1.82) is 0 Å². The summed E-state index contributed by atoms with van der Waals surface area (Å²) in [4.78, 5) is 0. The molecule has 0 saturated heterocycles. The van der Waals surface area contributed by atoms with Crippen molar-refractivity contribution in [2.24, 2.45) is 5.73 Å². The molecule has 1 nitrogen and oxygen atoms in total. The second-order valence-electron chi connectivity index (χ2n) is 2.98. The molecule has 0 fully saturated rings. The molecule has 0 amide bonds. The zero-order chi connectivity index (χ0) is 8.55. The Kier molecular flexibility index (Phi) is 2.09. The molecule has 2 heteroatoms. The van der Waals surface area contributed by atoms with Crippen LogP contribution in [0.1, 0.15) is 12.8 Å². The molecule has 0 aromatic heterocycles. The average Bonchev–Trinajstić information content (AvgIpc) is 2.12. The monoisotopic (exact) mass is 271 g/mol. The Labute approximate surface area is 85.1 Å². The molecular formula is C10H10IN. The van der Waals surface area contributed by atoms with Crippen molar-refractivity contribution in [3.8, 4) is 0 Å². The number of fused-ring (bicyclic) bond motifs is 1. The number of halogens is 1. The molecule has 12 heavy (non-hydrogen) atoms. The van der Waals surface area contributed by atoms with E-state index < -0.39 is 0 Å². The van der Waals surface area contributed by atoms with Gasteiger partial charge < -0.3 is 5.73 Å². The van der Waals surface area contributed by atoms with Gasteiger partial charge in [0.1, 0.15) is 0 Å². The standard InChI is InChI=1S/C10H10IN/c11-9-5-6-10(12)8-4-2-1-3-7(8)9/h1-4H,5-6,12H2. The molecule has 2 rings (SSSR count). The van der Waals surface area contributed by atoms with Crippen molar-refractivity contribution < 1.29 is 0 Å². The lowest BCUT2D eigenvalue weighted by Gasteiger charge is -2.08. The van der Waals surface area contributed by atoms with Gasteiger partial charge in [-0.05, 0) is 44.2 Å². The van der Waals surface area contributed by atoms with Crippen molar-refractivity contribution >= 4 is 31.9 Å². The van der Waals surface area contributed by atoms with Gasteiger partial charge in [-0.2, -0.15) is 0 Å². The van der Waals surface area contributed by atoms with Gasteiger partial charge >= 0.3 is 0 Å². The normalized spacial score (nSPS) is 16.1. The van der Waals surface area contributed by atoms with Crippen LogP contribution in [0.3, 0.4) is 0 Å². The van der Waals surface area contributed by atoms with Crippen molar-refractivity contribution in [1.82, 2.24) is 0 Å². The van der Waals surface area contributed by atoms with Crippen LogP contribution < -0.4 is 16.2 Å². The molecule has 0 unspecified atom stereocenters. The van der Waals surface area contributed by atoms with Crippen LogP contribution in [0.25, 0.3) is 9.28 Å². The van der Waals surface area contributed by atoms with E-state index >= 15 is 0 Å². The third-order valence-electron chi connectivity index (χ3n) is 2.18. The first-order valence-corrected chi connectivity index (χ1v) is 5.09. The first kappa shape index (κ1) is 8.10. The van der Waals surface area contributed by atoms with E-state index in [1.807, 2.05) is 6.07 Å². The van der Waals surface area contributed by atoms with Crippen LogP contribution in [-0.2, 0) is 0 Å². The van der Waals surface area contributed by atoms with Crippen LogP contribution in [-0.4, -0.2) is 0 Å². The van der Waals surface area contributed by atoms with E-state index in [0.29, 0.717) is 0 Å². The molecule has 1 aliphatic rings. The van der Waals surface area contributed by atoms with Crippen LogP contribution in [0, 0.1) is 0 Å². The number of rotatable bonds is 0. The van der Waals surface area contributed by atoms with Crippen molar-refractivity contribution in [2.75, 3.05) is 0 Å². The molecule has 62 valence electrons. The summed E-state index contributed by atoms with van der Waals surface area (Å²) in [5.74, 6) is 0. The SMILES string of the molecule is NC1=c2ccccc2=C(I)CC1. The van der Waals surface area contributed by atoms with Gasteiger partial charge in [0, 0.05) is 10.9 Å². The maximum absolute atomic E-state index is 5.91. The highest BCUT2D eigenvalue weighted by Gasteiger charge is 2.04. The third kappa shape index (κ3) is 1.24. The van der Waals surface area contributed by atoms with Gasteiger partial charge in [-0.25, -0.2) is 0 Å². The minimum Gasteiger partial charge on any atom is -0.402 e. The quantitative estimate of drug-likeness (QED) is 0.702. The molecule has 1 aromatic carbocycles. The highest BCUT2D eigenvalue weighted by atomic mass is 127. The summed E-state index contributed by atoms with van der Waals surface area (Å²) < 4.78 is 1.43. The van der Waals surface area contributed by atoms with Crippen LogP contribution in [0.2, 0.25) is 0 Å². The predicted molar refractivity (Wildman–Crippen MR) is 59.9 cm³/mol. The van der Waals surface area contributed by atoms with Crippen LogP contribution in [0.4, 0.5) is 0 Å². The van der Waals surface area contributed by atoms with E-state index in [-0.39, 0.29) is 0 Å². The topological polar surface area (TPSA) is 26.0 Å². The summed E-state index contributed by atoms with van der Waals surface area (Å²) in [6.45, 7) is 0. The Balaban J connectivity index is 2.95. The minimum atomic E-state index is 1.01. The molecule has 0 saturated carbocycles. The fourth-order valence-electron chi connectivity index (χ4n) is 1.51. The van der Waals surface area contributed by atoms with Crippen molar-refractivity contribution in [2.45, 2.75) is 12.8 Å². The summed E-state index contributed by atoms with van der Waals surface area (Å²) >= 11 is 2.41. The Morgan fingerprint density at radius 2 is 1.75 bits per heavy atom. The lowest BCUT2D eigenvalue weighted by molar-refractivity contribution is 1.05. The van der Waals surface area contributed by atoms with Crippen LogP contribution >= 0.6 is 22.6 Å². The van der Waals surface area contributed by atoms with Crippen molar-refractivity contribution in [3.05, 3.63) is 34.7 Å². The van der Waals surface area contributed by atoms with E-state index in [4.69, 9.17) is 5.73 Å².